The molecule has 0 saturated carbocycles. The monoisotopic (exact) mass is 538 g/mol. The molecule has 204 valence electrons. The Morgan fingerprint density at radius 1 is 0.811 bits per heavy atom. The normalized spacial score (nSPS) is 16.2. The number of aryl methyl sites for hydroxylation is 1. The Balaban J connectivity index is 0.00000106. The lowest BCUT2D eigenvalue weighted by atomic mass is 9.76. The lowest BCUT2D eigenvalue weighted by Gasteiger charge is -2.34. The second kappa shape index (κ2) is 14.7. The highest BCUT2D eigenvalue weighted by Gasteiger charge is 2.48. The zero-order valence-corrected chi connectivity index (χ0v) is 23.3. The van der Waals surface area contributed by atoms with Gasteiger partial charge in [0.05, 0.1) is 6.61 Å². The average Bonchev–Trinajstić information content (AvgIpc) is 2.91. The van der Waals surface area contributed by atoms with Crippen LogP contribution in [-0.2, 0) is 10.1 Å². The van der Waals surface area contributed by atoms with E-state index in [0.29, 0.717) is 6.61 Å². The van der Waals surface area contributed by atoms with E-state index in [1.54, 1.807) is 12.1 Å². The van der Waals surface area contributed by atoms with Crippen molar-refractivity contribution in [1.29, 1.82) is 0 Å². The Hall–Kier alpha value is -3.00. The van der Waals surface area contributed by atoms with Crippen LogP contribution in [0.15, 0.2) is 72.8 Å². The van der Waals surface area contributed by atoms with Crippen molar-refractivity contribution in [3.8, 4) is 11.5 Å². The molecular weight excluding hydrogens is 501 g/mol. The van der Waals surface area contributed by atoms with Crippen LogP contribution in [0.5, 0.6) is 11.5 Å². The highest BCUT2D eigenvalue weighted by atomic mass is 32.2. The number of hydrogen-bond acceptors (Lipinski definition) is 4. The highest BCUT2D eigenvalue weighted by molar-refractivity contribution is 7.88. The van der Waals surface area contributed by atoms with Crippen LogP contribution in [0.3, 0.4) is 0 Å². The molecule has 0 radical (unpaired) electrons. The van der Waals surface area contributed by atoms with E-state index in [-0.39, 0.29) is 11.8 Å². The van der Waals surface area contributed by atoms with Crippen molar-refractivity contribution in [2.45, 2.75) is 65.8 Å². The Morgan fingerprint density at radius 2 is 1.38 bits per heavy atom. The number of alkyl halides is 3. The lowest BCUT2D eigenvalue weighted by molar-refractivity contribution is -0.0500. The molecule has 0 N–H and O–H groups in total. The van der Waals surface area contributed by atoms with Gasteiger partial charge in [-0.1, -0.05) is 96.1 Å². The van der Waals surface area contributed by atoms with E-state index >= 15 is 0 Å². The van der Waals surface area contributed by atoms with Gasteiger partial charge in [0, 0.05) is 17.4 Å². The molecule has 2 atom stereocenters. The van der Waals surface area contributed by atoms with Gasteiger partial charge < -0.3 is 8.92 Å². The third-order valence-corrected chi connectivity index (χ3v) is 6.26. The molecule has 3 aromatic carbocycles. The average molecular weight is 539 g/mol. The van der Waals surface area contributed by atoms with E-state index in [1.807, 2.05) is 97.0 Å². The standard InChI is InChI=1S/C23H19F3O4S.3C2H6/c1-15-7-12-19-21(13-15)29-14-20(16-5-3-2-4-6-16)22(19)17-8-10-18(11-9-17)30-31(27,28)23(24,25)26;3*1-2/h2-13,20,22H,14H2,1H3;3*1-2H3/t20-,22-;;;/m1.../s1. The number of fused-ring (bicyclic) bond motifs is 1. The van der Waals surface area contributed by atoms with E-state index in [4.69, 9.17) is 4.74 Å². The Kier molecular flexibility index (Phi) is 12.7. The van der Waals surface area contributed by atoms with Crippen LogP contribution in [0, 0.1) is 6.92 Å². The van der Waals surface area contributed by atoms with E-state index in [9.17, 15) is 21.6 Å². The molecule has 0 bridgehead atoms. The smallest absolute Gasteiger partial charge is 0.493 e. The Morgan fingerprint density at radius 3 is 1.92 bits per heavy atom. The summed E-state index contributed by atoms with van der Waals surface area (Å²) in [7, 11) is -5.72. The molecule has 0 fully saturated rings. The van der Waals surface area contributed by atoms with Crippen molar-refractivity contribution >= 4 is 10.1 Å². The minimum Gasteiger partial charge on any atom is -0.493 e. The fourth-order valence-corrected chi connectivity index (χ4v) is 4.28. The number of hydrogen-bond donors (Lipinski definition) is 0. The van der Waals surface area contributed by atoms with Gasteiger partial charge >= 0.3 is 15.6 Å². The predicted molar refractivity (Wildman–Crippen MR) is 144 cm³/mol. The fraction of sp³-hybridized carbons (Fsp3) is 0.379. The Bertz CT molecular complexity index is 1180. The summed E-state index contributed by atoms with van der Waals surface area (Å²) in [4.78, 5) is 0. The molecular formula is C29H37F3O4S. The molecule has 0 saturated heterocycles. The predicted octanol–water partition coefficient (Wildman–Crippen LogP) is 8.61. The molecule has 0 aromatic heterocycles. The largest absolute Gasteiger partial charge is 0.534 e. The summed E-state index contributed by atoms with van der Waals surface area (Å²) in [5.41, 5.74) is -1.58. The van der Waals surface area contributed by atoms with Crippen LogP contribution in [0.2, 0.25) is 0 Å². The summed E-state index contributed by atoms with van der Waals surface area (Å²) in [5.74, 6) is 0.216. The van der Waals surface area contributed by atoms with Gasteiger partial charge in [-0.25, -0.2) is 0 Å². The molecule has 8 heteroatoms. The molecule has 1 aliphatic heterocycles. The van der Waals surface area contributed by atoms with Gasteiger partial charge in [-0.15, -0.1) is 0 Å². The SMILES string of the molecule is CC.CC.CC.Cc1ccc2c(c1)OC[C@H](c1ccccc1)[C@@H]2c1ccc(OS(=O)(=O)C(F)(F)F)cc1. The third-order valence-electron chi connectivity index (χ3n) is 5.28. The number of benzene rings is 3. The molecule has 1 aliphatic rings. The zero-order valence-electron chi connectivity index (χ0n) is 22.5. The van der Waals surface area contributed by atoms with Crippen LogP contribution in [0.25, 0.3) is 0 Å². The zero-order chi connectivity index (χ0) is 28.2. The maximum Gasteiger partial charge on any atom is 0.534 e. The molecule has 1 heterocycles. The van der Waals surface area contributed by atoms with Crippen LogP contribution in [0.4, 0.5) is 13.2 Å². The molecule has 0 spiro atoms. The second-order valence-electron chi connectivity index (χ2n) is 7.40. The first-order chi connectivity index (χ1) is 17.7. The van der Waals surface area contributed by atoms with Crippen LogP contribution in [-0.4, -0.2) is 20.5 Å². The molecule has 3 aromatic rings. The topological polar surface area (TPSA) is 52.6 Å². The first-order valence-corrected chi connectivity index (χ1v) is 14.0. The van der Waals surface area contributed by atoms with E-state index < -0.39 is 21.4 Å². The van der Waals surface area contributed by atoms with Gasteiger partial charge in [-0.3, -0.25) is 0 Å². The molecule has 37 heavy (non-hydrogen) atoms. The molecule has 0 aliphatic carbocycles. The summed E-state index contributed by atoms with van der Waals surface area (Å²) in [6, 6.07) is 21.4. The number of ether oxygens (including phenoxy) is 1. The lowest BCUT2D eigenvalue weighted by Crippen LogP contribution is -2.28. The van der Waals surface area contributed by atoms with Crippen LogP contribution < -0.4 is 8.92 Å². The summed E-state index contributed by atoms with van der Waals surface area (Å²) in [6.07, 6.45) is 0. The molecule has 0 amide bonds. The van der Waals surface area contributed by atoms with Gasteiger partial charge in [0.25, 0.3) is 0 Å². The minimum atomic E-state index is -5.72. The molecule has 0 unspecified atom stereocenters. The van der Waals surface area contributed by atoms with Crippen molar-refractivity contribution in [1.82, 2.24) is 0 Å². The van der Waals surface area contributed by atoms with Crippen molar-refractivity contribution < 1.29 is 30.5 Å². The summed E-state index contributed by atoms with van der Waals surface area (Å²) in [5, 5.41) is 0. The summed E-state index contributed by atoms with van der Waals surface area (Å²) in [6.45, 7) is 14.4. The maximum atomic E-state index is 12.6. The van der Waals surface area contributed by atoms with Gasteiger partial charge in [-0.05, 0) is 41.8 Å². The highest BCUT2D eigenvalue weighted by Crippen LogP contribution is 2.46. The second-order valence-corrected chi connectivity index (χ2v) is 8.94. The van der Waals surface area contributed by atoms with Gasteiger partial charge in [-0.2, -0.15) is 21.6 Å². The molecule has 4 nitrogen and oxygen atoms in total. The van der Waals surface area contributed by atoms with E-state index in [2.05, 4.69) is 4.18 Å². The van der Waals surface area contributed by atoms with Gasteiger partial charge in [0.15, 0.2) is 0 Å². The number of halogens is 3. The summed E-state index contributed by atoms with van der Waals surface area (Å²) >= 11 is 0. The van der Waals surface area contributed by atoms with Crippen molar-refractivity contribution in [3.63, 3.8) is 0 Å². The van der Waals surface area contributed by atoms with Gasteiger partial charge in [0.2, 0.25) is 0 Å². The summed E-state index contributed by atoms with van der Waals surface area (Å²) < 4.78 is 70.6. The van der Waals surface area contributed by atoms with Crippen molar-refractivity contribution in [2.75, 3.05) is 6.61 Å². The maximum absolute atomic E-state index is 12.6. The van der Waals surface area contributed by atoms with Crippen molar-refractivity contribution in [2.24, 2.45) is 0 Å². The van der Waals surface area contributed by atoms with E-state index in [0.717, 1.165) is 28.0 Å². The number of rotatable bonds is 4. The first kappa shape index (κ1) is 32.0. The van der Waals surface area contributed by atoms with Crippen molar-refractivity contribution in [3.05, 3.63) is 95.1 Å². The van der Waals surface area contributed by atoms with Crippen LogP contribution >= 0.6 is 0 Å². The van der Waals surface area contributed by atoms with Crippen LogP contribution in [0.1, 0.15) is 75.6 Å². The van der Waals surface area contributed by atoms with Gasteiger partial charge in [0.1, 0.15) is 11.5 Å². The fourth-order valence-electron chi connectivity index (χ4n) is 3.82. The van der Waals surface area contributed by atoms with E-state index in [1.165, 1.54) is 12.1 Å². The minimum absolute atomic E-state index is 0.0258. The molecule has 4 rings (SSSR count). The first-order valence-electron chi connectivity index (χ1n) is 12.5. The third kappa shape index (κ3) is 7.99. The Labute approximate surface area is 219 Å². The quantitative estimate of drug-likeness (QED) is 0.246.